The van der Waals surface area contributed by atoms with Crippen molar-refractivity contribution in [2.75, 3.05) is 19.7 Å². The second-order valence-corrected chi connectivity index (χ2v) is 7.08. The molecule has 0 aliphatic rings. The van der Waals surface area contributed by atoms with Crippen molar-refractivity contribution in [1.82, 2.24) is 4.72 Å². The highest BCUT2D eigenvalue weighted by atomic mass is 32.2. The minimum Gasteiger partial charge on any atom is -0.493 e. The van der Waals surface area contributed by atoms with Gasteiger partial charge in [0.15, 0.2) is 0 Å². The summed E-state index contributed by atoms with van der Waals surface area (Å²) in [7, 11) is -3.58. The average molecular weight is 336 g/mol. The Morgan fingerprint density at radius 3 is 2.52 bits per heavy atom. The van der Waals surface area contributed by atoms with Crippen LogP contribution in [-0.4, -0.2) is 28.1 Å². The van der Waals surface area contributed by atoms with Gasteiger partial charge in [0, 0.05) is 23.9 Å². The molecule has 0 amide bonds. The van der Waals surface area contributed by atoms with E-state index in [9.17, 15) is 8.42 Å². The van der Waals surface area contributed by atoms with Gasteiger partial charge < -0.3 is 10.5 Å². The maximum Gasteiger partial charge on any atom is 0.241 e. The van der Waals surface area contributed by atoms with Crippen LogP contribution in [0.4, 0.5) is 0 Å². The number of rotatable bonds is 9. The largest absolute Gasteiger partial charge is 0.493 e. The van der Waals surface area contributed by atoms with Crippen LogP contribution in [0.2, 0.25) is 0 Å². The van der Waals surface area contributed by atoms with E-state index in [4.69, 9.17) is 10.5 Å². The van der Waals surface area contributed by atoms with E-state index in [0.717, 1.165) is 30.4 Å². The van der Waals surface area contributed by atoms with Crippen molar-refractivity contribution < 1.29 is 13.2 Å². The van der Waals surface area contributed by atoms with E-state index in [1.807, 2.05) is 18.2 Å². The molecule has 0 aliphatic carbocycles. The van der Waals surface area contributed by atoms with Crippen LogP contribution >= 0.6 is 0 Å². The fourth-order valence-electron chi connectivity index (χ4n) is 2.41. The third-order valence-electron chi connectivity index (χ3n) is 3.58. The summed E-state index contributed by atoms with van der Waals surface area (Å²) < 4.78 is 33.2. The molecule has 6 heteroatoms. The molecule has 2 aromatic carbocycles. The quantitative estimate of drug-likeness (QED) is 0.690. The number of benzene rings is 2. The van der Waals surface area contributed by atoms with Crippen LogP contribution in [-0.2, 0) is 10.0 Å². The maximum absolute atomic E-state index is 12.4. The molecule has 23 heavy (non-hydrogen) atoms. The van der Waals surface area contributed by atoms with Crippen molar-refractivity contribution >= 4 is 20.8 Å². The van der Waals surface area contributed by atoms with Gasteiger partial charge in [-0.25, -0.2) is 13.1 Å². The molecule has 0 fully saturated rings. The Morgan fingerprint density at radius 2 is 1.83 bits per heavy atom. The number of ether oxygens (including phenoxy) is 1. The lowest BCUT2D eigenvalue weighted by molar-refractivity contribution is 0.309. The number of fused-ring (bicyclic) bond motifs is 1. The first-order valence-electron chi connectivity index (χ1n) is 7.94. The number of sulfonamides is 1. The molecular formula is C17H24N2O3S. The Balaban J connectivity index is 2.35. The van der Waals surface area contributed by atoms with Crippen LogP contribution in [0, 0.1) is 0 Å². The molecular weight excluding hydrogens is 312 g/mol. The molecule has 2 aromatic rings. The highest BCUT2D eigenvalue weighted by Gasteiger charge is 2.18. The van der Waals surface area contributed by atoms with Gasteiger partial charge in [-0.05, 0) is 18.6 Å². The Hall–Kier alpha value is -1.63. The SMILES string of the molecule is CCCCCOc1ccc(S(=O)(=O)NCCN)c2ccccc12. The molecule has 5 nitrogen and oxygen atoms in total. The van der Waals surface area contributed by atoms with Gasteiger partial charge in [0.05, 0.1) is 11.5 Å². The van der Waals surface area contributed by atoms with Gasteiger partial charge in [0.2, 0.25) is 10.0 Å². The standard InChI is InChI=1S/C17H24N2O3S/c1-2-3-6-13-22-16-9-10-17(23(20,21)19-12-11-18)15-8-5-4-7-14(15)16/h4-5,7-10,19H,2-3,6,11-13,18H2,1H3. The van der Waals surface area contributed by atoms with Crippen LogP contribution in [0.1, 0.15) is 26.2 Å². The number of unbranched alkanes of at least 4 members (excludes halogenated alkanes) is 2. The van der Waals surface area contributed by atoms with E-state index in [1.54, 1.807) is 18.2 Å². The Bertz CT molecular complexity index is 745. The minimum atomic E-state index is -3.58. The lowest BCUT2D eigenvalue weighted by Crippen LogP contribution is -2.29. The Kier molecular flexibility index (Phi) is 6.38. The Morgan fingerprint density at radius 1 is 1.09 bits per heavy atom. The van der Waals surface area contributed by atoms with Gasteiger partial charge in [0.1, 0.15) is 5.75 Å². The summed E-state index contributed by atoms with van der Waals surface area (Å²) in [6.45, 7) is 3.25. The van der Waals surface area contributed by atoms with Gasteiger partial charge in [0.25, 0.3) is 0 Å². The number of nitrogens with one attached hydrogen (secondary N) is 1. The summed E-state index contributed by atoms with van der Waals surface area (Å²) in [6.07, 6.45) is 3.24. The highest BCUT2D eigenvalue weighted by Crippen LogP contribution is 2.31. The molecule has 0 bridgehead atoms. The average Bonchev–Trinajstić information content (AvgIpc) is 2.56. The molecule has 126 valence electrons. The summed E-state index contributed by atoms with van der Waals surface area (Å²) in [4.78, 5) is 0.252. The molecule has 0 radical (unpaired) electrons. The van der Waals surface area contributed by atoms with E-state index < -0.39 is 10.0 Å². The molecule has 3 N–H and O–H groups in total. The van der Waals surface area contributed by atoms with Crippen molar-refractivity contribution in [3.05, 3.63) is 36.4 Å². The number of nitrogens with two attached hydrogens (primary N) is 1. The van der Waals surface area contributed by atoms with E-state index in [2.05, 4.69) is 11.6 Å². The van der Waals surface area contributed by atoms with Crippen LogP contribution in [0.25, 0.3) is 10.8 Å². The van der Waals surface area contributed by atoms with Crippen molar-refractivity contribution in [2.45, 2.75) is 31.1 Å². The molecule has 0 spiro atoms. The van der Waals surface area contributed by atoms with E-state index in [0.29, 0.717) is 12.0 Å². The predicted molar refractivity (Wildman–Crippen MR) is 93.2 cm³/mol. The molecule has 0 aliphatic heterocycles. The monoisotopic (exact) mass is 336 g/mol. The second kappa shape index (κ2) is 8.29. The van der Waals surface area contributed by atoms with E-state index in [1.165, 1.54) is 0 Å². The van der Waals surface area contributed by atoms with Crippen molar-refractivity contribution in [3.63, 3.8) is 0 Å². The summed E-state index contributed by atoms with van der Waals surface area (Å²) in [5, 5.41) is 1.46. The third kappa shape index (κ3) is 4.43. The molecule has 0 saturated carbocycles. The molecule has 0 saturated heterocycles. The summed E-state index contributed by atoms with van der Waals surface area (Å²) in [5.74, 6) is 0.717. The Labute approximate surface area is 137 Å². The number of hydrogen-bond acceptors (Lipinski definition) is 4. The minimum absolute atomic E-state index is 0.214. The summed E-state index contributed by atoms with van der Waals surface area (Å²) in [5.41, 5.74) is 5.38. The van der Waals surface area contributed by atoms with Gasteiger partial charge in [-0.15, -0.1) is 0 Å². The molecule has 0 aromatic heterocycles. The van der Waals surface area contributed by atoms with Crippen LogP contribution in [0.5, 0.6) is 5.75 Å². The van der Waals surface area contributed by atoms with Gasteiger partial charge >= 0.3 is 0 Å². The molecule has 2 rings (SSSR count). The smallest absolute Gasteiger partial charge is 0.241 e. The lowest BCUT2D eigenvalue weighted by atomic mass is 10.1. The topological polar surface area (TPSA) is 81.4 Å². The summed E-state index contributed by atoms with van der Waals surface area (Å²) >= 11 is 0. The molecule has 0 unspecified atom stereocenters. The highest BCUT2D eigenvalue weighted by molar-refractivity contribution is 7.89. The maximum atomic E-state index is 12.4. The lowest BCUT2D eigenvalue weighted by Gasteiger charge is -2.13. The van der Waals surface area contributed by atoms with Crippen LogP contribution < -0.4 is 15.2 Å². The van der Waals surface area contributed by atoms with Crippen LogP contribution in [0.3, 0.4) is 0 Å². The van der Waals surface area contributed by atoms with Crippen molar-refractivity contribution in [1.29, 1.82) is 0 Å². The summed E-state index contributed by atoms with van der Waals surface area (Å²) in [6, 6.07) is 10.7. The second-order valence-electron chi connectivity index (χ2n) is 5.35. The fraction of sp³-hybridized carbons (Fsp3) is 0.412. The molecule has 0 atom stereocenters. The third-order valence-corrected chi connectivity index (χ3v) is 5.09. The van der Waals surface area contributed by atoms with E-state index >= 15 is 0 Å². The fourth-order valence-corrected chi connectivity index (χ4v) is 3.67. The van der Waals surface area contributed by atoms with Gasteiger partial charge in [-0.2, -0.15) is 0 Å². The van der Waals surface area contributed by atoms with Gasteiger partial charge in [-0.3, -0.25) is 0 Å². The van der Waals surface area contributed by atoms with Crippen molar-refractivity contribution in [3.8, 4) is 5.75 Å². The first-order valence-corrected chi connectivity index (χ1v) is 9.42. The predicted octanol–water partition coefficient (Wildman–Crippen LogP) is 2.65. The first-order chi connectivity index (χ1) is 11.1. The van der Waals surface area contributed by atoms with Crippen molar-refractivity contribution in [2.24, 2.45) is 5.73 Å². The normalized spacial score (nSPS) is 11.7. The first kappa shape index (κ1) is 17.7. The van der Waals surface area contributed by atoms with Crippen LogP contribution in [0.15, 0.2) is 41.3 Å². The number of hydrogen-bond donors (Lipinski definition) is 2. The zero-order valence-corrected chi connectivity index (χ0v) is 14.2. The van der Waals surface area contributed by atoms with E-state index in [-0.39, 0.29) is 18.0 Å². The zero-order chi connectivity index (χ0) is 16.7. The van der Waals surface area contributed by atoms with Gasteiger partial charge in [-0.1, -0.05) is 44.0 Å². The zero-order valence-electron chi connectivity index (χ0n) is 13.4. The molecule has 0 heterocycles.